The van der Waals surface area contributed by atoms with E-state index in [1.807, 2.05) is 13.8 Å². The second-order valence-electron chi connectivity index (χ2n) is 2.71. The topological polar surface area (TPSA) is 46.5 Å². The van der Waals surface area contributed by atoms with Gasteiger partial charge in [0.05, 0.1) is 5.41 Å². The molecule has 1 aliphatic rings. The largest absolute Gasteiger partial charge is 0.247 e. The zero-order valence-electron chi connectivity index (χ0n) is 7.02. The predicted molar refractivity (Wildman–Crippen MR) is 53.1 cm³/mol. The predicted octanol–water partition coefficient (Wildman–Crippen LogP) is 1.43. The Hall–Kier alpha value is -0.290. The molecule has 0 radical (unpaired) electrons. The van der Waals surface area contributed by atoms with Gasteiger partial charge in [0.25, 0.3) is 0 Å². The Morgan fingerprint density at radius 1 is 1.58 bits per heavy atom. The van der Waals surface area contributed by atoms with Crippen LogP contribution in [0.2, 0.25) is 0 Å². The molecule has 3 nitrogen and oxygen atoms in total. The van der Waals surface area contributed by atoms with E-state index >= 15 is 0 Å². The molecule has 5 heteroatoms. The van der Waals surface area contributed by atoms with E-state index < -0.39 is 9.84 Å². The maximum Gasteiger partial charge on any atom is 0.215 e. The summed E-state index contributed by atoms with van der Waals surface area (Å²) in [4.78, 5) is 3.79. The first-order valence-corrected chi connectivity index (χ1v) is 6.22. The standard InChI is InChI=1S/C7H11NO2S2/c1-6(2)11-5-7-8-3-4-12(7,9)10/h3-4,6H,5H2,1-2H3. The van der Waals surface area contributed by atoms with Crippen molar-refractivity contribution in [3.8, 4) is 0 Å². The summed E-state index contributed by atoms with van der Waals surface area (Å²) < 4.78 is 22.3. The highest BCUT2D eigenvalue weighted by Crippen LogP contribution is 2.15. The van der Waals surface area contributed by atoms with Crippen LogP contribution < -0.4 is 0 Å². The quantitative estimate of drug-likeness (QED) is 0.700. The van der Waals surface area contributed by atoms with Crippen molar-refractivity contribution >= 4 is 26.6 Å². The first-order valence-electron chi connectivity index (χ1n) is 3.62. The highest BCUT2D eigenvalue weighted by Gasteiger charge is 2.19. The van der Waals surface area contributed by atoms with Crippen molar-refractivity contribution in [1.29, 1.82) is 0 Å². The van der Waals surface area contributed by atoms with Crippen molar-refractivity contribution in [2.24, 2.45) is 4.99 Å². The van der Waals surface area contributed by atoms with Gasteiger partial charge in [-0.05, 0) is 5.25 Å². The van der Waals surface area contributed by atoms with Crippen molar-refractivity contribution < 1.29 is 8.42 Å². The summed E-state index contributed by atoms with van der Waals surface area (Å²) in [6, 6.07) is 0. The van der Waals surface area contributed by atoms with E-state index in [0.717, 1.165) is 5.41 Å². The molecule has 1 heterocycles. The number of hydrogen-bond donors (Lipinski definition) is 0. The number of sulfone groups is 1. The van der Waals surface area contributed by atoms with Crippen LogP contribution in [0.1, 0.15) is 13.8 Å². The van der Waals surface area contributed by atoms with Crippen molar-refractivity contribution in [1.82, 2.24) is 0 Å². The molecule has 0 atom stereocenters. The zero-order valence-corrected chi connectivity index (χ0v) is 8.65. The Labute approximate surface area is 76.9 Å². The summed E-state index contributed by atoms with van der Waals surface area (Å²) in [6.45, 7) is 4.06. The maximum absolute atomic E-state index is 11.1. The Balaban J connectivity index is 2.57. The average molecular weight is 205 g/mol. The summed E-state index contributed by atoms with van der Waals surface area (Å²) in [5.41, 5.74) is 0. The van der Waals surface area contributed by atoms with Gasteiger partial charge in [-0.1, -0.05) is 13.8 Å². The van der Waals surface area contributed by atoms with Gasteiger partial charge >= 0.3 is 0 Å². The molecule has 0 fully saturated rings. The van der Waals surface area contributed by atoms with E-state index in [-0.39, 0.29) is 5.04 Å². The number of nitrogens with zero attached hydrogens (tertiary/aromatic N) is 1. The van der Waals surface area contributed by atoms with Crippen LogP contribution in [-0.4, -0.2) is 24.5 Å². The highest BCUT2D eigenvalue weighted by molar-refractivity contribution is 8.12. The SMILES string of the molecule is CC(C)SCC1=NC=CS1(=O)=O. The van der Waals surface area contributed by atoms with Crippen LogP contribution >= 0.6 is 11.8 Å². The zero-order chi connectivity index (χ0) is 9.19. The molecule has 0 aromatic carbocycles. The Morgan fingerprint density at radius 3 is 2.67 bits per heavy atom. The van der Waals surface area contributed by atoms with Crippen molar-refractivity contribution in [3.63, 3.8) is 0 Å². The number of aliphatic imine (C=N–C) groups is 1. The van der Waals surface area contributed by atoms with Gasteiger partial charge < -0.3 is 0 Å². The smallest absolute Gasteiger partial charge is 0.215 e. The molecule has 0 N–H and O–H groups in total. The Morgan fingerprint density at radius 2 is 2.25 bits per heavy atom. The van der Waals surface area contributed by atoms with E-state index in [9.17, 15) is 8.42 Å². The van der Waals surface area contributed by atoms with Crippen molar-refractivity contribution in [2.45, 2.75) is 19.1 Å². The minimum Gasteiger partial charge on any atom is -0.247 e. The monoisotopic (exact) mass is 205 g/mol. The fourth-order valence-electron chi connectivity index (χ4n) is 0.703. The highest BCUT2D eigenvalue weighted by atomic mass is 32.2. The third kappa shape index (κ3) is 2.35. The summed E-state index contributed by atoms with van der Waals surface area (Å²) in [5.74, 6) is 0.479. The summed E-state index contributed by atoms with van der Waals surface area (Å²) in [7, 11) is -3.13. The lowest BCUT2D eigenvalue weighted by atomic mass is 10.6. The van der Waals surface area contributed by atoms with Gasteiger partial charge in [-0.25, -0.2) is 13.4 Å². The van der Waals surface area contributed by atoms with Crippen LogP contribution in [0.25, 0.3) is 0 Å². The second kappa shape index (κ2) is 3.62. The molecule has 1 rings (SSSR count). The third-order valence-corrected chi connectivity index (χ3v) is 4.00. The molecule has 0 aromatic rings. The molecule has 12 heavy (non-hydrogen) atoms. The van der Waals surface area contributed by atoms with E-state index in [0.29, 0.717) is 11.0 Å². The van der Waals surface area contributed by atoms with E-state index in [1.165, 1.54) is 6.20 Å². The molecule has 0 aromatic heterocycles. The molecule has 1 aliphatic heterocycles. The summed E-state index contributed by atoms with van der Waals surface area (Å²) >= 11 is 1.58. The molecule has 0 bridgehead atoms. The molecule has 0 unspecified atom stereocenters. The van der Waals surface area contributed by atoms with E-state index in [2.05, 4.69) is 4.99 Å². The molecule has 0 saturated carbocycles. The second-order valence-corrected chi connectivity index (χ2v) is 6.11. The first-order chi connectivity index (χ1) is 5.52. The minimum atomic E-state index is -3.13. The Kier molecular flexibility index (Phi) is 2.95. The summed E-state index contributed by atoms with van der Waals surface area (Å²) in [5, 5.41) is 1.85. The fraction of sp³-hybridized carbons (Fsp3) is 0.571. The lowest BCUT2D eigenvalue weighted by Crippen LogP contribution is -2.12. The van der Waals surface area contributed by atoms with Gasteiger partial charge in [-0.2, -0.15) is 11.8 Å². The first kappa shape index (κ1) is 9.80. The Bertz CT molecular complexity index is 314. The minimum absolute atomic E-state index is 0.279. The maximum atomic E-state index is 11.1. The lowest BCUT2D eigenvalue weighted by Gasteiger charge is -2.03. The van der Waals surface area contributed by atoms with Crippen LogP contribution in [0.3, 0.4) is 0 Å². The van der Waals surface area contributed by atoms with Gasteiger partial charge in [0.2, 0.25) is 9.84 Å². The van der Waals surface area contributed by atoms with Gasteiger partial charge in [0, 0.05) is 12.0 Å². The molecule has 0 spiro atoms. The molecular weight excluding hydrogens is 194 g/mol. The number of hydrogen-bond acceptors (Lipinski definition) is 4. The van der Waals surface area contributed by atoms with Crippen LogP contribution in [-0.2, 0) is 9.84 Å². The van der Waals surface area contributed by atoms with E-state index in [4.69, 9.17) is 0 Å². The average Bonchev–Trinajstić information content (AvgIpc) is 2.25. The van der Waals surface area contributed by atoms with Crippen LogP contribution in [0, 0.1) is 0 Å². The number of thioether (sulfide) groups is 1. The van der Waals surface area contributed by atoms with E-state index in [1.54, 1.807) is 11.8 Å². The van der Waals surface area contributed by atoms with Crippen LogP contribution in [0.15, 0.2) is 16.6 Å². The fourth-order valence-corrected chi connectivity index (χ4v) is 2.70. The van der Waals surface area contributed by atoms with Gasteiger partial charge in [0.15, 0.2) is 0 Å². The molecule has 0 saturated heterocycles. The van der Waals surface area contributed by atoms with Gasteiger partial charge in [-0.15, -0.1) is 0 Å². The third-order valence-electron chi connectivity index (χ3n) is 1.33. The molecule has 0 aliphatic carbocycles. The van der Waals surface area contributed by atoms with Crippen molar-refractivity contribution in [3.05, 3.63) is 11.6 Å². The van der Waals surface area contributed by atoms with Crippen molar-refractivity contribution in [2.75, 3.05) is 5.75 Å². The van der Waals surface area contributed by atoms with Crippen LogP contribution in [0.5, 0.6) is 0 Å². The van der Waals surface area contributed by atoms with Crippen LogP contribution in [0.4, 0.5) is 0 Å². The molecular formula is C7H11NO2S2. The van der Waals surface area contributed by atoms with Gasteiger partial charge in [0.1, 0.15) is 5.04 Å². The molecule has 68 valence electrons. The lowest BCUT2D eigenvalue weighted by molar-refractivity contribution is 0.615. The van der Waals surface area contributed by atoms with Gasteiger partial charge in [-0.3, -0.25) is 0 Å². The summed E-state index contributed by atoms with van der Waals surface area (Å²) in [6.07, 6.45) is 1.34. The number of rotatable bonds is 3. The molecule has 0 amide bonds. The normalized spacial score (nSPS) is 20.1.